The quantitative estimate of drug-likeness (QED) is 0.148. The molecule has 0 N–H and O–H groups in total. The van der Waals surface area contributed by atoms with Crippen molar-refractivity contribution in [2.24, 2.45) is 0 Å². The molecule has 0 aliphatic rings. The number of hydrogen-bond donors (Lipinski definition) is 0. The van der Waals surface area contributed by atoms with Crippen LogP contribution in [0.1, 0.15) is 0 Å². The second kappa shape index (κ2) is 16.5. The Kier molecular flexibility index (Phi) is 9.54. The predicted molar refractivity (Wildman–Crippen MR) is 290 cm³/mol. The Bertz CT molecular complexity index is 3990. The molecule has 0 radical (unpaired) electrons. The van der Waals surface area contributed by atoms with E-state index in [4.69, 9.17) is 0 Å². The molecule has 318 valence electrons. The van der Waals surface area contributed by atoms with Gasteiger partial charge in [0.25, 0.3) is 0 Å². The summed E-state index contributed by atoms with van der Waals surface area (Å²) >= 11 is 0. The summed E-state index contributed by atoms with van der Waals surface area (Å²) in [6.07, 6.45) is 0. The van der Waals surface area contributed by atoms with E-state index in [1.807, 2.05) is 0 Å². The fourth-order valence-corrected chi connectivity index (χ4v) is 10.5. The molecule has 0 bridgehead atoms. The van der Waals surface area contributed by atoms with Gasteiger partial charge in [0.05, 0.1) is 11.0 Å². The molecule has 0 spiro atoms. The van der Waals surface area contributed by atoms with Crippen LogP contribution in [0.25, 0.3) is 104 Å². The molecule has 12 aromatic carbocycles. The highest BCUT2D eigenvalue weighted by Crippen LogP contribution is 2.45. The van der Waals surface area contributed by atoms with Gasteiger partial charge in [-0.15, -0.1) is 0 Å². The molecule has 13 rings (SSSR count). The van der Waals surface area contributed by atoms with E-state index in [-0.39, 0.29) is 0 Å². The maximum absolute atomic E-state index is 2.45. The summed E-state index contributed by atoms with van der Waals surface area (Å²) in [4.78, 5) is 2.40. The molecule has 2 heteroatoms. The fraction of sp³-hybridized carbons (Fsp3) is 0. The molecule has 1 heterocycles. The third-order valence-electron chi connectivity index (χ3n) is 13.7. The van der Waals surface area contributed by atoms with Gasteiger partial charge in [0.2, 0.25) is 0 Å². The third kappa shape index (κ3) is 6.82. The lowest BCUT2D eigenvalue weighted by Crippen LogP contribution is -2.10. The number of fused-ring (bicyclic) bond motifs is 7. The minimum atomic E-state index is 1.08. The summed E-state index contributed by atoms with van der Waals surface area (Å²) in [6.45, 7) is 0. The van der Waals surface area contributed by atoms with Crippen LogP contribution in [0.2, 0.25) is 0 Å². The number of rotatable bonds is 8. The van der Waals surface area contributed by atoms with Crippen LogP contribution in [0, 0.1) is 0 Å². The van der Waals surface area contributed by atoms with Crippen LogP contribution >= 0.6 is 0 Å². The summed E-state index contributed by atoms with van der Waals surface area (Å²) in [5.74, 6) is 0. The largest absolute Gasteiger partial charge is 0.310 e. The first-order valence-electron chi connectivity index (χ1n) is 23.4. The van der Waals surface area contributed by atoms with Crippen LogP contribution in [0.5, 0.6) is 0 Å². The molecule has 0 saturated carbocycles. The Morgan fingerprint density at radius 3 is 1.56 bits per heavy atom. The summed E-state index contributed by atoms with van der Waals surface area (Å²) in [6, 6.07) is 97.5. The molecule has 0 aliphatic carbocycles. The zero-order valence-electron chi connectivity index (χ0n) is 37.3. The van der Waals surface area contributed by atoms with Crippen molar-refractivity contribution in [1.29, 1.82) is 0 Å². The second-order valence-electron chi connectivity index (χ2n) is 17.7. The van der Waals surface area contributed by atoms with Gasteiger partial charge >= 0.3 is 0 Å². The van der Waals surface area contributed by atoms with Crippen LogP contribution in [0.4, 0.5) is 17.1 Å². The maximum atomic E-state index is 2.45. The number of hydrogen-bond acceptors (Lipinski definition) is 1. The lowest BCUT2D eigenvalue weighted by Gasteiger charge is -2.26. The molecule has 0 atom stereocenters. The number of para-hydroxylation sites is 2. The van der Waals surface area contributed by atoms with Crippen molar-refractivity contribution in [3.8, 4) is 50.2 Å². The smallest absolute Gasteiger partial charge is 0.0625 e. The van der Waals surface area contributed by atoms with Gasteiger partial charge in [-0.05, 0) is 138 Å². The summed E-state index contributed by atoms with van der Waals surface area (Å²) in [7, 11) is 0. The van der Waals surface area contributed by atoms with Gasteiger partial charge in [0.1, 0.15) is 0 Å². The molecule has 0 amide bonds. The van der Waals surface area contributed by atoms with Crippen molar-refractivity contribution in [3.05, 3.63) is 267 Å². The van der Waals surface area contributed by atoms with Crippen molar-refractivity contribution in [2.45, 2.75) is 0 Å². The zero-order valence-corrected chi connectivity index (χ0v) is 37.3. The van der Waals surface area contributed by atoms with Crippen molar-refractivity contribution < 1.29 is 0 Å². The zero-order chi connectivity index (χ0) is 45.0. The van der Waals surface area contributed by atoms with Crippen LogP contribution in [-0.2, 0) is 0 Å². The third-order valence-corrected chi connectivity index (χ3v) is 13.7. The summed E-state index contributed by atoms with van der Waals surface area (Å²) in [5, 5.41) is 9.94. The van der Waals surface area contributed by atoms with Crippen LogP contribution in [0.3, 0.4) is 0 Å². The van der Waals surface area contributed by atoms with Crippen LogP contribution in [0.15, 0.2) is 267 Å². The van der Waals surface area contributed by atoms with E-state index in [1.54, 1.807) is 0 Å². The molecular formula is C66H44N2. The average Bonchev–Trinajstić information content (AvgIpc) is 3.77. The van der Waals surface area contributed by atoms with E-state index in [9.17, 15) is 0 Å². The van der Waals surface area contributed by atoms with Gasteiger partial charge in [0, 0.05) is 38.9 Å². The van der Waals surface area contributed by atoms with E-state index >= 15 is 0 Å². The van der Waals surface area contributed by atoms with Crippen molar-refractivity contribution >= 4 is 71.2 Å². The Morgan fingerprint density at radius 2 is 0.809 bits per heavy atom. The van der Waals surface area contributed by atoms with Crippen molar-refractivity contribution in [3.63, 3.8) is 0 Å². The first-order valence-corrected chi connectivity index (χ1v) is 23.4. The summed E-state index contributed by atoms with van der Waals surface area (Å²) in [5.41, 5.74) is 16.4. The van der Waals surface area contributed by atoms with Gasteiger partial charge < -0.3 is 9.47 Å². The van der Waals surface area contributed by atoms with E-state index in [2.05, 4.69) is 276 Å². The molecule has 1 aromatic heterocycles. The van der Waals surface area contributed by atoms with Crippen LogP contribution in [-0.4, -0.2) is 4.57 Å². The van der Waals surface area contributed by atoms with Gasteiger partial charge in [-0.1, -0.05) is 200 Å². The minimum absolute atomic E-state index is 1.08. The standard InChI is InChI=1S/C66H44N2/c1-2-20-55(21-3-1)68-64-27-11-10-25-62(64)65-63(44-54-17-7-9-24-61(54)66(65)68)53-19-12-22-58(43-53)67(57-40-36-48(37-41-57)52-33-30-45-14-4-5-16-51(45)42-52)56-38-34-47(35-39-56)46-28-31-50(32-29-46)60-26-13-18-49-15-6-8-23-59(49)60/h1-44H. The van der Waals surface area contributed by atoms with Gasteiger partial charge in [0.15, 0.2) is 0 Å². The number of aromatic nitrogens is 1. The number of anilines is 3. The molecule has 0 fully saturated rings. The van der Waals surface area contributed by atoms with E-state index in [0.717, 1.165) is 28.3 Å². The lowest BCUT2D eigenvalue weighted by atomic mass is 9.94. The molecule has 13 aromatic rings. The lowest BCUT2D eigenvalue weighted by molar-refractivity contribution is 1.19. The monoisotopic (exact) mass is 864 g/mol. The average molecular weight is 865 g/mol. The number of benzene rings is 12. The van der Waals surface area contributed by atoms with Crippen molar-refractivity contribution in [1.82, 2.24) is 4.57 Å². The molecular weight excluding hydrogens is 821 g/mol. The first-order chi connectivity index (χ1) is 33.7. The topological polar surface area (TPSA) is 8.17 Å². The molecule has 2 nitrogen and oxygen atoms in total. The van der Waals surface area contributed by atoms with E-state index in [1.165, 1.54) is 93.1 Å². The van der Waals surface area contributed by atoms with E-state index in [0.29, 0.717) is 0 Å². The Morgan fingerprint density at radius 1 is 0.265 bits per heavy atom. The van der Waals surface area contributed by atoms with Crippen molar-refractivity contribution in [2.75, 3.05) is 4.90 Å². The normalized spacial score (nSPS) is 11.5. The SMILES string of the molecule is c1ccc(-n2c3ccccc3c3c(-c4cccc(N(c5ccc(-c6ccc(-c7cccc8ccccc78)cc6)cc5)c5ccc(-c6ccc7ccccc7c6)cc5)c4)cc4ccccc4c32)cc1. The maximum Gasteiger partial charge on any atom is 0.0625 e. The molecule has 0 unspecified atom stereocenters. The van der Waals surface area contributed by atoms with Gasteiger partial charge in [-0.3, -0.25) is 0 Å². The van der Waals surface area contributed by atoms with Gasteiger partial charge in [-0.2, -0.15) is 0 Å². The molecule has 0 saturated heterocycles. The Balaban J connectivity index is 0.938. The molecule has 0 aliphatic heterocycles. The summed E-state index contributed by atoms with van der Waals surface area (Å²) < 4.78 is 2.45. The van der Waals surface area contributed by atoms with E-state index < -0.39 is 0 Å². The minimum Gasteiger partial charge on any atom is -0.310 e. The second-order valence-corrected chi connectivity index (χ2v) is 17.7. The highest BCUT2D eigenvalue weighted by atomic mass is 15.1. The van der Waals surface area contributed by atoms with Crippen LogP contribution < -0.4 is 4.90 Å². The number of nitrogens with zero attached hydrogens (tertiary/aromatic N) is 2. The molecule has 68 heavy (non-hydrogen) atoms. The predicted octanol–water partition coefficient (Wildman–Crippen LogP) is 18.4. The Labute approximate surface area is 395 Å². The fourth-order valence-electron chi connectivity index (χ4n) is 10.5. The van der Waals surface area contributed by atoms with Gasteiger partial charge in [-0.25, -0.2) is 0 Å². The first kappa shape index (κ1) is 39.4. The highest BCUT2D eigenvalue weighted by Gasteiger charge is 2.21. The highest BCUT2D eigenvalue weighted by molar-refractivity contribution is 6.24. The Hall–Kier alpha value is -8.98.